The topological polar surface area (TPSA) is 132 Å². The largest absolute Gasteiger partial charge is 0.411 e. The van der Waals surface area contributed by atoms with Gasteiger partial charge in [-0.15, -0.1) is 0 Å². The monoisotopic (exact) mass is 450 g/mol. The minimum atomic E-state index is -3.67. The van der Waals surface area contributed by atoms with E-state index >= 15 is 0 Å². The Hall–Kier alpha value is -1.85. The molecule has 0 spiro atoms. The van der Waals surface area contributed by atoms with E-state index in [0.29, 0.717) is 5.56 Å². The van der Waals surface area contributed by atoms with Crippen LogP contribution in [0.5, 0.6) is 0 Å². The zero-order chi connectivity index (χ0) is 20.9. The van der Waals surface area contributed by atoms with Crippen LogP contribution in [-0.2, 0) is 22.9 Å². The first-order valence-electron chi connectivity index (χ1n) is 8.48. The highest BCUT2D eigenvalue weighted by Crippen LogP contribution is 2.19. The summed E-state index contributed by atoms with van der Waals surface area (Å²) in [7, 11) is -3.67. The van der Waals surface area contributed by atoms with Crippen LogP contribution < -0.4 is 5.14 Å². The van der Waals surface area contributed by atoms with Crippen molar-refractivity contribution < 1.29 is 25.4 Å². The molecule has 0 fully saturated rings. The lowest BCUT2D eigenvalue weighted by atomic mass is 10.0. The van der Waals surface area contributed by atoms with Crippen molar-refractivity contribution in [2.24, 2.45) is 10.3 Å². The highest BCUT2D eigenvalue weighted by Gasteiger charge is 2.18. The van der Waals surface area contributed by atoms with Gasteiger partial charge in [-0.25, -0.2) is 22.6 Å². The summed E-state index contributed by atoms with van der Waals surface area (Å²) < 4.78 is 56.3. The van der Waals surface area contributed by atoms with Gasteiger partial charge in [0.25, 0.3) is 0 Å². The Morgan fingerprint density at radius 3 is 2.85 bits per heavy atom. The standard InChI is InChI=1S/C15H18BrFN4O4S/c16-11-8-10(5-6-12(11)17)9-14(19-22)15-13(20-25-21-15)4-2-1-3-7-26(18,23)24/h5-6,8,22H,1-4,7,9H2,(H2,18,23,24)/b19-14+/i2D2. The molecule has 0 unspecified atom stereocenters. The molecule has 0 saturated carbocycles. The average Bonchev–Trinajstić information content (AvgIpc) is 3.01. The molecule has 26 heavy (non-hydrogen) atoms. The van der Waals surface area contributed by atoms with Gasteiger partial charge >= 0.3 is 0 Å². The van der Waals surface area contributed by atoms with Crippen molar-refractivity contribution >= 4 is 31.7 Å². The summed E-state index contributed by atoms with van der Waals surface area (Å²) in [5.41, 5.74) is 0.870. The third-order valence-electron chi connectivity index (χ3n) is 3.38. The zero-order valence-corrected chi connectivity index (χ0v) is 15.9. The van der Waals surface area contributed by atoms with Gasteiger partial charge in [-0.05, 0) is 58.0 Å². The van der Waals surface area contributed by atoms with Crippen molar-refractivity contribution in [1.82, 2.24) is 10.3 Å². The molecule has 1 aromatic heterocycles. The van der Waals surface area contributed by atoms with Crippen LogP contribution in [0.3, 0.4) is 0 Å². The number of hydrogen-bond acceptors (Lipinski definition) is 7. The fourth-order valence-electron chi connectivity index (χ4n) is 2.16. The summed E-state index contributed by atoms with van der Waals surface area (Å²) in [4.78, 5) is 0. The van der Waals surface area contributed by atoms with Gasteiger partial charge in [0.2, 0.25) is 10.0 Å². The third-order valence-corrected chi connectivity index (χ3v) is 4.85. The van der Waals surface area contributed by atoms with E-state index in [1.807, 2.05) is 0 Å². The van der Waals surface area contributed by atoms with E-state index in [0.717, 1.165) is 0 Å². The van der Waals surface area contributed by atoms with Gasteiger partial charge < -0.3 is 5.21 Å². The van der Waals surface area contributed by atoms with E-state index in [1.165, 1.54) is 18.2 Å². The number of nitrogens with two attached hydrogens (primary N) is 1. The van der Waals surface area contributed by atoms with E-state index in [4.69, 9.17) is 7.88 Å². The number of aryl methyl sites for hydroxylation is 1. The van der Waals surface area contributed by atoms with E-state index in [9.17, 15) is 18.0 Å². The second-order valence-corrected chi connectivity index (χ2v) is 8.02. The van der Waals surface area contributed by atoms with Crippen LogP contribution >= 0.6 is 15.9 Å². The summed E-state index contributed by atoms with van der Waals surface area (Å²) in [5, 5.41) is 24.8. The van der Waals surface area contributed by atoms with E-state index in [2.05, 4.69) is 36.0 Å². The van der Waals surface area contributed by atoms with Crippen LogP contribution in [0.1, 0.15) is 38.9 Å². The minimum Gasteiger partial charge on any atom is -0.411 e. The molecule has 0 amide bonds. The minimum absolute atomic E-state index is 0.0387. The second-order valence-electron chi connectivity index (χ2n) is 5.43. The summed E-state index contributed by atoms with van der Waals surface area (Å²) >= 11 is 3.07. The summed E-state index contributed by atoms with van der Waals surface area (Å²) in [6, 6.07) is 4.27. The van der Waals surface area contributed by atoms with Gasteiger partial charge in [0.15, 0.2) is 5.69 Å². The first-order chi connectivity index (χ1) is 13.0. The molecular weight excluding hydrogens is 431 g/mol. The highest BCUT2D eigenvalue weighted by atomic mass is 79.9. The molecule has 0 atom stereocenters. The molecule has 2 aromatic rings. The molecule has 0 saturated heterocycles. The number of oxime groups is 1. The van der Waals surface area contributed by atoms with Crippen molar-refractivity contribution in [2.75, 3.05) is 5.75 Å². The fourth-order valence-corrected chi connectivity index (χ4v) is 3.13. The Bertz CT molecular complexity index is 969. The van der Waals surface area contributed by atoms with Crippen LogP contribution in [0.25, 0.3) is 0 Å². The maximum absolute atomic E-state index is 13.4. The Morgan fingerprint density at radius 2 is 2.19 bits per heavy atom. The number of halogens is 2. The maximum Gasteiger partial charge on any atom is 0.209 e. The lowest BCUT2D eigenvalue weighted by Crippen LogP contribution is -2.16. The van der Waals surface area contributed by atoms with E-state index < -0.39 is 22.2 Å². The highest BCUT2D eigenvalue weighted by molar-refractivity contribution is 9.10. The number of rotatable bonds is 9. The number of primary sulfonamides is 1. The van der Waals surface area contributed by atoms with Gasteiger partial charge in [0.05, 0.1) is 10.2 Å². The Balaban J connectivity index is 2.13. The van der Waals surface area contributed by atoms with Gasteiger partial charge in [0.1, 0.15) is 17.2 Å². The molecule has 0 aliphatic rings. The average molecular weight is 451 g/mol. The summed E-state index contributed by atoms with van der Waals surface area (Å²) in [6.45, 7) is 0. The second kappa shape index (κ2) is 9.19. The number of aromatic nitrogens is 2. The molecule has 11 heteroatoms. The molecule has 0 radical (unpaired) electrons. The van der Waals surface area contributed by atoms with Gasteiger partial charge in [-0.2, -0.15) is 0 Å². The summed E-state index contributed by atoms with van der Waals surface area (Å²) in [6.07, 6.45) is -2.01. The van der Waals surface area contributed by atoms with Crippen LogP contribution in [0, 0.1) is 5.82 Å². The lowest BCUT2D eigenvalue weighted by molar-refractivity contribution is 0.300. The van der Waals surface area contributed by atoms with E-state index in [-0.39, 0.29) is 53.0 Å². The Kier molecular flexibility index (Phi) is 6.21. The van der Waals surface area contributed by atoms with Crippen molar-refractivity contribution in [3.8, 4) is 0 Å². The Morgan fingerprint density at radius 1 is 1.42 bits per heavy atom. The van der Waals surface area contributed by atoms with Crippen LogP contribution in [0.15, 0.2) is 32.5 Å². The number of benzene rings is 1. The molecule has 3 N–H and O–H groups in total. The molecule has 0 aliphatic carbocycles. The number of nitrogens with zero attached hydrogens (tertiary/aromatic N) is 3. The summed E-state index contributed by atoms with van der Waals surface area (Å²) in [5.74, 6) is -0.776. The first kappa shape index (κ1) is 17.6. The molecule has 0 bridgehead atoms. The van der Waals surface area contributed by atoms with Crippen molar-refractivity contribution in [1.29, 1.82) is 0 Å². The quantitative estimate of drug-likeness (QED) is 0.342. The molecule has 142 valence electrons. The van der Waals surface area contributed by atoms with Gasteiger partial charge in [-0.3, -0.25) is 0 Å². The van der Waals surface area contributed by atoms with E-state index in [1.54, 1.807) is 0 Å². The molecule has 2 rings (SSSR count). The van der Waals surface area contributed by atoms with Gasteiger partial charge in [-0.1, -0.05) is 22.8 Å². The normalized spacial score (nSPS) is 14.2. The molecule has 0 aliphatic heterocycles. The lowest BCUT2D eigenvalue weighted by Gasteiger charge is -2.05. The molecule has 8 nitrogen and oxygen atoms in total. The van der Waals surface area contributed by atoms with Crippen LogP contribution in [0.4, 0.5) is 4.39 Å². The Labute approximate surface area is 161 Å². The number of sulfonamides is 1. The molecule has 1 heterocycles. The predicted molar refractivity (Wildman–Crippen MR) is 96.0 cm³/mol. The SMILES string of the molecule is [2H]C([2H])(CCCS(N)(=O)=O)Cc1nonc1/C(Cc1ccc(F)c(Br)c1)=N/O. The van der Waals surface area contributed by atoms with Crippen LogP contribution in [0.2, 0.25) is 0 Å². The predicted octanol–water partition coefficient (Wildman–Crippen LogP) is 2.39. The smallest absolute Gasteiger partial charge is 0.209 e. The van der Waals surface area contributed by atoms with Crippen molar-refractivity contribution in [3.63, 3.8) is 0 Å². The van der Waals surface area contributed by atoms with Crippen molar-refractivity contribution in [2.45, 2.75) is 32.1 Å². The fraction of sp³-hybridized carbons (Fsp3) is 0.400. The zero-order valence-electron chi connectivity index (χ0n) is 15.5. The maximum atomic E-state index is 13.4. The number of hydrogen-bond donors (Lipinski definition) is 2. The third kappa shape index (κ3) is 6.15. The van der Waals surface area contributed by atoms with Crippen molar-refractivity contribution in [3.05, 3.63) is 45.4 Å². The first-order valence-corrected chi connectivity index (χ1v) is 9.99. The van der Waals surface area contributed by atoms with Gasteiger partial charge in [0, 0.05) is 9.16 Å². The van der Waals surface area contributed by atoms with Crippen LogP contribution in [-0.4, -0.2) is 35.4 Å². The molecule has 1 aromatic carbocycles. The molecular formula is C15H18BrFN4O4S.